The molecular weight excluding hydrogens is 426 g/mol. The van der Waals surface area contributed by atoms with Gasteiger partial charge in [0.05, 0.1) is 12.0 Å². The van der Waals surface area contributed by atoms with Crippen LogP contribution in [0.25, 0.3) is 0 Å². The van der Waals surface area contributed by atoms with Crippen LogP contribution in [0.5, 0.6) is 5.75 Å². The van der Waals surface area contributed by atoms with Crippen molar-refractivity contribution in [2.24, 2.45) is 11.7 Å². The SMILES string of the molecule is NC(=O)C[C@@H]1[C@@H](Oc2ccccc2)O[C@H](C(O)Cc2ccccc2)[C@@](O)(S(=O)O)[C@@H]1O. The lowest BCUT2D eigenvalue weighted by atomic mass is 9.84. The Hall–Kier alpha value is -2.34. The molecule has 9 nitrogen and oxygen atoms in total. The lowest BCUT2D eigenvalue weighted by molar-refractivity contribution is -0.285. The molecule has 0 aliphatic carbocycles. The van der Waals surface area contributed by atoms with E-state index in [-0.39, 0.29) is 6.42 Å². The minimum absolute atomic E-state index is 0.0315. The van der Waals surface area contributed by atoms with Crippen LogP contribution in [0.1, 0.15) is 12.0 Å². The molecule has 1 heterocycles. The first kappa shape index (κ1) is 23.3. The number of nitrogens with two attached hydrogens (primary N) is 1. The highest BCUT2D eigenvalue weighted by molar-refractivity contribution is 7.80. The van der Waals surface area contributed by atoms with E-state index in [1.54, 1.807) is 60.7 Å². The van der Waals surface area contributed by atoms with Crippen molar-refractivity contribution in [2.75, 3.05) is 0 Å². The van der Waals surface area contributed by atoms with E-state index in [1.165, 1.54) is 0 Å². The van der Waals surface area contributed by atoms with Crippen LogP contribution in [-0.2, 0) is 27.0 Å². The fraction of sp³-hybridized carbons (Fsp3) is 0.381. The lowest BCUT2D eigenvalue weighted by Crippen LogP contribution is -2.69. The summed E-state index contributed by atoms with van der Waals surface area (Å²) in [7, 11) is 0. The first-order valence-electron chi connectivity index (χ1n) is 9.62. The second-order valence-corrected chi connectivity index (χ2v) is 8.55. The molecule has 2 unspecified atom stereocenters. The minimum atomic E-state index is -3.04. The summed E-state index contributed by atoms with van der Waals surface area (Å²) in [6.07, 6.45) is -6.98. The molecule has 0 bridgehead atoms. The Balaban J connectivity index is 1.95. The van der Waals surface area contributed by atoms with Crippen LogP contribution in [0.4, 0.5) is 0 Å². The second kappa shape index (κ2) is 9.86. The van der Waals surface area contributed by atoms with Gasteiger partial charge in [-0.1, -0.05) is 48.5 Å². The van der Waals surface area contributed by atoms with Crippen molar-refractivity contribution in [2.45, 2.75) is 42.4 Å². The molecule has 0 radical (unpaired) electrons. The minimum Gasteiger partial charge on any atom is -0.465 e. The first-order chi connectivity index (χ1) is 14.7. The molecule has 10 heteroatoms. The summed E-state index contributed by atoms with van der Waals surface area (Å²) >= 11 is -3.04. The molecule has 7 atom stereocenters. The molecule has 1 fully saturated rings. The van der Waals surface area contributed by atoms with Gasteiger partial charge in [0.25, 0.3) is 0 Å². The van der Waals surface area contributed by atoms with E-state index in [9.17, 15) is 28.9 Å². The number of aliphatic hydroxyl groups excluding tert-OH is 2. The fourth-order valence-electron chi connectivity index (χ4n) is 3.69. The van der Waals surface area contributed by atoms with E-state index in [0.29, 0.717) is 11.3 Å². The van der Waals surface area contributed by atoms with Gasteiger partial charge < -0.3 is 35.1 Å². The Morgan fingerprint density at radius 3 is 2.29 bits per heavy atom. The van der Waals surface area contributed by atoms with E-state index in [4.69, 9.17) is 15.2 Å². The van der Waals surface area contributed by atoms with Crippen molar-refractivity contribution in [3.8, 4) is 5.75 Å². The summed E-state index contributed by atoms with van der Waals surface area (Å²) in [6.45, 7) is 0. The molecule has 1 amide bonds. The largest absolute Gasteiger partial charge is 0.465 e. The zero-order chi connectivity index (χ0) is 22.6. The average molecular weight is 451 g/mol. The van der Waals surface area contributed by atoms with E-state index >= 15 is 0 Å². The number of hydrogen-bond acceptors (Lipinski definition) is 7. The fourth-order valence-corrected chi connectivity index (χ4v) is 4.48. The Morgan fingerprint density at radius 1 is 1.16 bits per heavy atom. The van der Waals surface area contributed by atoms with Gasteiger partial charge in [-0.05, 0) is 17.7 Å². The molecule has 2 aromatic carbocycles. The van der Waals surface area contributed by atoms with Crippen LogP contribution in [0.3, 0.4) is 0 Å². The highest BCUT2D eigenvalue weighted by atomic mass is 32.2. The molecule has 1 aliphatic heterocycles. The monoisotopic (exact) mass is 451 g/mol. The van der Waals surface area contributed by atoms with Crippen LogP contribution >= 0.6 is 0 Å². The molecule has 2 aromatic rings. The smallest absolute Gasteiger partial charge is 0.220 e. The van der Waals surface area contributed by atoms with Crippen molar-refractivity contribution in [3.05, 3.63) is 66.2 Å². The summed E-state index contributed by atoms with van der Waals surface area (Å²) in [5, 5.41) is 32.7. The zero-order valence-corrected chi connectivity index (χ0v) is 17.3. The van der Waals surface area contributed by atoms with Gasteiger partial charge in [0.15, 0.2) is 11.1 Å². The van der Waals surface area contributed by atoms with E-state index in [1.807, 2.05) is 0 Å². The molecule has 0 saturated carbocycles. The molecular formula is C21H25NO8S. The van der Waals surface area contributed by atoms with Gasteiger partial charge in [-0.3, -0.25) is 4.79 Å². The predicted molar refractivity (Wildman–Crippen MR) is 111 cm³/mol. The van der Waals surface area contributed by atoms with Crippen molar-refractivity contribution in [3.63, 3.8) is 0 Å². The Morgan fingerprint density at radius 2 is 1.74 bits per heavy atom. The highest BCUT2D eigenvalue weighted by Gasteiger charge is 2.61. The standard InChI is InChI=1S/C21H25NO8S/c22-17(24)12-15-18(25)21(26,31(27)28)19(16(23)11-13-7-3-1-4-8-13)30-20(15)29-14-9-5-2-6-10-14/h1-10,15-16,18-20,23,25-26H,11-12H2,(H2,22,24)(H,27,28)/t15-,16?,18+,19+,20-,21-/m0/s1. The molecule has 0 aromatic heterocycles. The maximum absolute atomic E-state index is 12.1. The first-order valence-corrected chi connectivity index (χ1v) is 10.7. The third kappa shape index (κ3) is 5.12. The maximum atomic E-state index is 12.1. The van der Waals surface area contributed by atoms with Gasteiger partial charge in [-0.2, -0.15) is 0 Å². The van der Waals surface area contributed by atoms with E-state index < -0.39 is 58.9 Å². The number of benzene rings is 2. The van der Waals surface area contributed by atoms with Gasteiger partial charge in [0, 0.05) is 12.8 Å². The summed E-state index contributed by atoms with van der Waals surface area (Å²) < 4.78 is 33.4. The lowest BCUT2D eigenvalue weighted by Gasteiger charge is -2.48. The Bertz CT molecular complexity index is 899. The number of primary amides is 1. The maximum Gasteiger partial charge on any atom is 0.220 e. The number of carbonyl (C=O) groups excluding carboxylic acids is 1. The molecule has 3 rings (SSSR count). The number of para-hydroxylation sites is 1. The summed E-state index contributed by atoms with van der Waals surface area (Å²) in [5.41, 5.74) is 5.95. The number of amides is 1. The molecule has 6 N–H and O–H groups in total. The normalized spacial score (nSPS) is 30.3. The van der Waals surface area contributed by atoms with Crippen molar-refractivity contribution < 1.29 is 38.3 Å². The predicted octanol–water partition coefficient (Wildman–Crippen LogP) is 0.157. The van der Waals surface area contributed by atoms with Crippen LogP contribution in [-0.4, -0.2) is 59.5 Å². The number of rotatable bonds is 8. The van der Waals surface area contributed by atoms with E-state index in [0.717, 1.165) is 0 Å². The molecule has 31 heavy (non-hydrogen) atoms. The van der Waals surface area contributed by atoms with Crippen molar-refractivity contribution >= 4 is 17.0 Å². The average Bonchev–Trinajstić information content (AvgIpc) is 2.74. The van der Waals surface area contributed by atoms with Gasteiger partial charge in [0.2, 0.25) is 17.1 Å². The number of carbonyl (C=O) groups is 1. The number of ether oxygens (including phenoxy) is 2. The van der Waals surface area contributed by atoms with Crippen LogP contribution in [0.2, 0.25) is 0 Å². The number of hydrogen-bond donors (Lipinski definition) is 5. The van der Waals surface area contributed by atoms with Gasteiger partial charge in [-0.25, -0.2) is 4.21 Å². The third-order valence-electron chi connectivity index (χ3n) is 5.22. The molecule has 0 spiro atoms. The third-order valence-corrected chi connectivity index (χ3v) is 6.25. The molecule has 168 valence electrons. The summed E-state index contributed by atoms with van der Waals surface area (Å²) in [5.74, 6) is -1.76. The quantitative estimate of drug-likeness (QED) is 0.355. The van der Waals surface area contributed by atoms with Crippen LogP contribution in [0.15, 0.2) is 60.7 Å². The molecule has 1 saturated heterocycles. The highest BCUT2D eigenvalue weighted by Crippen LogP contribution is 2.40. The van der Waals surface area contributed by atoms with Gasteiger partial charge >= 0.3 is 0 Å². The van der Waals surface area contributed by atoms with Gasteiger partial charge in [0.1, 0.15) is 18.0 Å². The van der Waals surface area contributed by atoms with Crippen LogP contribution in [0, 0.1) is 5.92 Å². The molecule has 1 aliphatic rings. The number of aliphatic hydroxyl groups is 3. The Kier molecular flexibility index (Phi) is 7.42. The topological polar surface area (TPSA) is 160 Å². The zero-order valence-electron chi connectivity index (χ0n) is 16.5. The van der Waals surface area contributed by atoms with Gasteiger partial charge in [-0.15, -0.1) is 0 Å². The van der Waals surface area contributed by atoms with E-state index in [2.05, 4.69) is 0 Å². The van der Waals surface area contributed by atoms with Crippen LogP contribution < -0.4 is 10.5 Å². The second-order valence-electron chi connectivity index (χ2n) is 7.39. The summed E-state index contributed by atoms with van der Waals surface area (Å²) in [6, 6.07) is 17.1. The van der Waals surface area contributed by atoms with Crippen molar-refractivity contribution in [1.82, 2.24) is 0 Å². The summed E-state index contributed by atoms with van der Waals surface area (Å²) in [4.78, 5) is 8.79. The van der Waals surface area contributed by atoms with Crippen molar-refractivity contribution in [1.29, 1.82) is 0 Å². The Labute approximate surface area is 181 Å².